The van der Waals surface area contributed by atoms with E-state index in [-0.39, 0.29) is 0 Å². The largest absolute Gasteiger partial charge is 0.311 e. The Kier molecular flexibility index (Phi) is 9.68. The van der Waals surface area contributed by atoms with Gasteiger partial charge in [0.15, 0.2) is 0 Å². The quantitative estimate of drug-likeness (QED) is 0.142. The molecule has 0 N–H and O–H groups in total. The van der Waals surface area contributed by atoms with Gasteiger partial charge in [-0.25, -0.2) is 0 Å². The van der Waals surface area contributed by atoms with Gasteiger partial charge in [-0.2, -0.15) is 0 Å². The molecule has 10 aromatic rings. The molecule has 0 saturated heterocycles. The molecule has 0 saturated carbocycles. The monoisotopic (exact) mass is 751 g/mol. The third-order valence-electron chi connectivity index (χ3n) is 11.3. The number of anilines is 3. The van der Waals surface area contributed by atoms with Crippen LogP contribution >= 0.6 is 0 Å². The highest BCUT2D eigenvalue weighted by molar-refractivity contribution is 6.05. The molecule has 0 bridgehead atoms. The molecule has 0 amide bonds. The molecule has 0 atom stereocenters. The Hall–Kier alpha value is -7.74. The highest BCUT2D eigenvalue weighted by Crippen LogP contribution is 2.41. The molecule has 0 aliphatic heterocycles. The van der Waals surface area contributed by atoms with Crippen molar-refractivity contribution in [3.8, 4) is 66.8 Å². The van der Waals surface area contributed by atoms with Crippen molar-refractivity contribution in [3.63, 3.8) is 0 Å². The summed E-state index contributed by atoms with van der Waals surface area (Å²) < 4.78 is 0. The summed E-state index contributed by atoms with van der Waals surface area (Å²) in [6.45, 7) is 0. The lowest BCUT2D eigenvalue weighted by Gasteiger charge is -2.26. The van der Waals surface area contributed by atoms with Crippen LogP contribution in [0.2, 0.25) is 0 Å². The third kappa shape index (κ3) is 7.23. The first-order chi connectivity index (χ1) is 29.3. The molecule has 0 radical (unpaired) electrons. The summed E-state index contributed by atoms with van der Waals surface area (Å²) in [5.74, 6) is 0. The van der Waals surface area contributed by atoms with Gasteiger partial charge < -0.3 is 4.90 Å². The number of rotatable bonds is 9. The minimum atomic E-state index is 1.09. The summed E-state index contributed by atoms with van der Waals surface area (Å²) in [4.78, 5) is 2.36. The summed E-state index contributed by atoms with van der Waals surface area (Å²) >= 11 is 0. The Labute approximate surface area is 346 Å². The van der Waals surface area contributed by atoms with E-state index in [1.165, 1.54) is 77.5 Å². The molecule has 0 spiro atoms. The van der Waals surface area contributed by atoms with Crippen molar-refractivity contribution in [1.82, 2.24) is 0 Å². The van der Waals surface area contributed by atoms with E-state index >= 15 is 0 Å². The zero-order valence-electron chi connectivity index (χ0n) is 32.6. The third-order valence-corrected chi connectivity index (χ3v) is 11.3. The van der Waals surface area contributed by atoms with Crippen LogP contribution in [0.5, 0.6) is 0 Å². The van der Waals surface area contributed by atoms with E-state index in [2.05, 4.69) is 254 Å². The SMILES string of the molecule is c1ccc(-c2ccc(N(c3ccc(-c4ccccc4-c4cccc(-c5ccccc5)c4)cc3)c3ccc(-c4ccc(-c5ccccc5)c5ccccc45)cc3)cc2)cc1. The average Bonchev–Trinajstić information content (AvgIpc) is 3.33. The van der Waals surface area contributed by atoms with E-state index in [4.69, 9.17) is 0 Å². The first-order valence-electron chi connectivity index (χ1n) is 20.3. The molecule has 1 nitrogen and oxygen atoms in total. The van der Waals surface area contributed by atoms with Crippen LogP contribution in [0.3, 0.4) is 0 Å². The number of hydrogen-bond donors (Lipinski definition) is 0. The highest BCUT2D eigenvalue weighted by Gasteiger charge is 2.16. The van der Waals surface area contributed by atoms with Crippen molar-refractivity contribution in [1.29, 1.82) is 0 Å². The normalized spacial score (nSPS) is 11.1. The van der Waals surface area contributed by atoms with Crippen LogP contribution in [0.1, 0.15) is 0 Å². The van der Waals surface area contributed by atoms with Crippen molar-refractivity contribution >= 4 is 27.8 Å². The second-order valence-electron chi connectivity index (χ2n) is 14.9. The van der Waals surface area contributed by atoms with Gasteiger partial charge in [0.25, 0.3) is 0 Å². The Morgan fingerprint density at radius 3 is 1.02 bits per heavy atom. The van der Waals surface area contributed by atoms with Crippen LogP contribution in [-0.4, -0.2) is 0 Å². The lowest BCUT2D eigenvalue weighted by molar-refractivity contribution is 1.28. The van der Waals surface area contributed by atoms with Gasteiger partial charge in [-0.3, -0.25) is 0 Å². The van der Waals surface area contributed by atoms with Crippen molar-refractivity contribution in [3.05, 3.63) is 249 Å². The fraction of sp³-hybridized carbons (Fsp3) is 0. The van der Waals surface area contributed by atoms with Crippen LogP contribution in [0.15, 0.2) is 249 Å². The van der Waals surface area contributed by atoms with Gasteiger partial charge in [0.05, 0.1) is 0 Å². The van der Waals surface area contributed by atoms with Crippen LogP contribution in [0.25, 0.3) is 77.5 Å². The maximum Gasteiger partial charge on any atom is 0.0462 e. The fourth-order valence-electron chi connectivity index (χ4n) is 8.36. The number of hydrogen-bond acceptors (Lipinski definition) is 1. The Balaban J connectivity index is 1.02. The molecule has 0 fully saturated rings. The van der Waals surface area contributed by atoms with Gasteiger partial charge in [-0.1, -0.05) is 206 Å². The van der Waals surface area contributed by atoms with Crippen LogP contribution in [0, 0.1) is 0 Å². The maximum atomic E-state index is 2.36. The minimum Gasteiger partial charge on any atom is -0.311 e. The van der Waals surface area contributed by atoms with Crippen molar-refractivity contribution < 1.29 is 0 Å². The lowest BCUT2D eigenvalue weighted by Crippen LogP contribution is -2.09. The smallest absolute Gasteiger partial charge is 0.0462 e. The molecule has 0 unspecified atom stereocenters. The Morgan fingerprint density at radius 1 is 0.186 bits per heavy atom. The predicted octanol–water partition coefficient (Wildman–Crippen LogP) is 16.3. The van der Waals surface area contributed by atoms with Crippen molar-refractivity contribution in [2.75, 3.05) is 4.90 Å². The summed E-state index contributed by atoms with van der Waals surface area (Å²) in [6.07, 6.45) is 0. The minimum absolute atomic E-state index is 1.09. The van der Waals surface area contributed by atoms with E-state index < -0.39 is 0 Å². The molecule has 10 aromatic carbocycles. The molecule has 0 heterocycles. The summed E-state index contributed by atoms with van der Waals surface area (Å²) in [5.41, 5.74) is 17.8. The molecule has 0 aliphatic rings. The molecular weight excluding hydrogens is 711 g/mol. The molecule has 59 heavy (non-hydrogen) atoms. The fourth-order valence-corrected chi connectivity index (χ4v) is 8.36. The van der Waals surface area contributed by atoms with Gasteiger partial charge >= 0.3 is 0 Å². The topological polar surface area (TPSA) is 3.24 Å². The second kappa shape index (κ2) is 16.0. The zero-order chi connectivity index (χ0) is 39.4. The molecule has 1 heteroatoms. The van der Waals surface area contributed by atoms with Gasteiger partial charge in [0.2, 0.25) is 0 Å². The van der Waals surface area contributed by atoms with Crippen molar-refractivity contribution in [2.45, 2.75) is 0 Å². The van der Waals surface area contributed by atoms with Gasteiger partial charge in [-0.05, 0) is 120 Å². The van der Waals surface area contributed by atoms with Gasteiger partial charge in [0.1, 0.15) is 0 Å². The number of fused-ring (bicyclic) bond motifs is 1. The number of nitrogens with zero attached hydrogens (tertiary/aromatic N) is 1. The van der Waals surface area contributed by atoms with Crippen molar-refractivity contribution in [2.24, 2.45) is 0 Å². The summed E-state index contributed by atoms with van der Waals surface area (Å²) in [5, 5.41) is 2.50. The highest BCUT2D eigenvalue weighted by atomic mass is 15.1. The zero-order valence-corrected chi connectivity index (χ0v) is 32.6. The first-order valence-corrected chi connectivity index (χ1v) is 20.3. The average molecular weight is 752 g/mol. The maximum absolute atomic E-state index is 2.36. The van der Waals surface area contributed by atoms with Crippen LogP contribution < -0.4 is 4.90 Å². The van der Waals surface area contributed by atoms with Gasteiger partial charge in [0, 0.05) is 17.1 Å². The van der Waals surface area contributed by atoms with E-state index in [1.54, 1.807) is 0 Å². The Morgan fingerprint density at radius 2 is 0.508 bits per heavy atom. The van der Waals surface area contributed by atoms with Crippen LogP contribution in [0.4, 0.5) is 17.1 Å². The Bertz CT molecular complexity index is 2990. The van der Waals surface area contributed by atoms with Crippen LogP contribution in [-0.2, 0) is 0 Å². The molecular formula is C58H41N. The summed E-state index contributed by atoms with van der Waals surface area (Å²) in [6, 6.07) is 89.7. The van der Waals surface area contributed by atoms with E-state index in [0.29, 0.717) is 0 Å². The molecule has 10 rings (SSSR count). The first kappa shape index (κ1) is 35.7. The van der Waals surface area contributed by atoms with E-state index in [9.17, 15) is 0 Å². The molecule has 278 valence electrons. The molecule has 0 aliphatic carbocycles. The van der Waals surface area contributed by atoms with Gasteiger partial charge in [-0.15, -0.1) is 0 Å². The lowest BCUT2D eigenvalue weighted by atomic mass is 9.92. The second-order valence-corrected chi connectivity index (χ2v) is 14.9. The standard InChI is InChI=1S/C58H41N/c1-4-15-42(16-5-1)44-27-33-50(34-28-44)59(52-37-31-47(32-38-52)56-40-39-55(45-19-8-3-9-20-45)57-25-12-13-26-58(56)57)51-35-29-46(30-36-51)53-23-10-11-24-54(53)49-22-14-21-48(41-49)43-17-6-2-7-18-43/h1-41H. The van der Waals surface area contributed by atoms with E-state index in [1.807, 2.05) is 0 Å². The predicted molar refractivity (Wildman–Crippen MR) is 251 cm³/mol. The summed E-state index contributed by atoms with van der Waals surface area (Å²) in [7, 11) is 0. The molecule has 0 aromatic heterocycles. The number of benzene rings is 10. The van der Waals surface area contributed by atoms with E-state index in [0.717, 1.165) is 17.1 Å².